The van der Waals surface area contributed by atoms with Gasteiger partial charge in [-0.15, -0.1) is 0 Å². The third-order valence-electron chi connectivity index (χ3n) is 1.77. The highest BCUT2D eigenvalue weighted by Crippen LogP contribution is 2.16. The molecule has 0 radical (unpaired) electrons. The molecule has 4 heteroatoms. The lowest BCUT2D eigenvalue weighted by molar-refractivity contribution is -0.385. The molecular formula is C9H12N2O2. The van der Waals surface area contributed by atoms with Gasteiger partial charge in [0.05, 0.1) is 4.92 Å². The van der Waals surface area contributed by atoms with Crippen molar-refractivity contribution in [1.82, 2.24) is 0 Å². The fourth-order valence-corrected chi connectivity index (χ4v) is 1.26. The van der Waals surface area contributed by atoms with E-state index in [1.807, 2.05) is 13.0 Å². The second-order valence-corrected chi connectivity index (χ2v) is 2.97. The summed E-state index contributed by atoms with van der Waals surface area (Å²) in [6, 6.07) is 5.04. The molecule has 0 amide bonds. The molecule has 0 spiro atoms. The minimum atomic E-state index is -0.382. The molecule has 0 saturated heterocycles. The van der Waals surface area contributed by atoms with E-state index in [2.05, 4.69) is 0 Å². The normalized spacial score (nSPS) is 10.0. The summed E-state index contributed by atoms with van der Waals surface area (Å²) < 4.78 is 0. The Labute approximate surface area is 76.5 Å². The highest BCUT2D eigenvalue weighted by molar-refractivity contribution is 5.38. The molecule has 0 heterocycles. The van der Waals surface area contributed by atoms with Crippen molar-refractivity contribution < 1.29 is 4.92 Å². The molecule has 1 aromatic carbocycles. The van der Waals surface area contributed by atoms with E-state index in [0.717, 1.165) is 11.1 Å². The number of nitrogens with two attached hydrogens (primary N) is 1. The van der Waals surface area contributed by atoms with Crippen molar-refractivity contribution in [3.05, 3.63) is 39.4 Å². The SMILES string of the molecule is Cc1cc(CCN)cc([N+](=O)[O-])c1. The molecule has 1 rings (SSSR count). The number of nitrogens with zero attached hydrogens (tertiary/aromatic N) is 1. The summed E-state index contributed by atoms with van der Waals surface area (Å²) in [5.41, 5.74) is 7.33. The molecule has 0 bridgehead atoms. The second-order valence-electron chi connectivity index (χ2n) is 2.97. The standard InChI is InChI=1S/C9H12N2O2/c1-7-4-8(2-3-10)6-9(5-7)11(12)13/h4-6H,2-3,10H2,1H3. The predicted molar refractivity (Wildman–Crippen MR) is 50.6 cm³/mol. The molecule has 1 aromatic rings. The number of hydrogen-bond donors (Lipinski definition) is 1. The molecule has 13 heavy (non-hydrogen) atoms. The van der Waals surface area contributed by atoms with Gasteiger partial charge in [-0.1, -0.05) is 6.07 Å². The highest BCUT2D eigenvalue weighted by Gasteiger charge is 2.06. The zero-order chi connectivity index (χ0) is 9.84. The molecule has 0 aliphatic carbocycles. The van der Waals surface area contributed by atoms with E-state index in [1.165, 1.54) is 0 Å². The molecule has 0 aliphatic heterocycles. The first-order valence-electron chi connectivity index (χ1n) is 4.08. The number of benzene rings is 1. The van der Waals surface area contributed by atoms with Crippen LogP contribution in [0.15, 0.2) is 18.2 Å². The fraction of sp³-hybridized carbons (Fsp3) is 0.333. The lowest BCUT2D eigenvalue weighted by Crippen LogP contribution is -2.03. The first-order valence-corrected chi connectivity index (χ1v) is 4.08. The summed E-state index contributed by atoms with van der Waals surface area (Å²) in [5.74, 6) is 0. The van der Waals surface area contributed by atoms with Crippen molar-refractivity contribution in [2.75, 3.05) is 6.54 Å². The maximum Gasteiger partial charge on any atom is 0.269 e. The summed E-state index contributed by atoms with van der Waals surface area (Å²) in [6.07, 6.45) is 0.683. The van der Waals surface area contributed by atoms with Gasteiger partial charge in [-0.05, 0) is 31.0 Å². The first-order chi connectivity index (χ1) is 6.13. The molecule has 0 fully saturated rings. The minimum absolute atomic E-state index is 0.142. The molecule has 2 N–H and O–H groups in total. The zero-order valence-corrected chi connectivity index (χ0v) is 7.49. The van der Waals surface area contributed by atoms with Gasteiger partial charge >= 0.3 is 0 Å². The Balaban J connectivity index is 3.03. The summed E-state index contributed by atoms with van der Waals surface area (Å²) in [4.78, 5) is 10.1. The van der Waals surface area contributed by atoms with E-state index >= 15 is 0 Å². The monoisotopic (exact) mass is 180 g/mol. The summed E-state index contributed by atoms with van der Waals surface area (Å²) in [7, 11) is 0. The second kappa shape index (κ2) is 4.00. The van der Waals surface area contributed by atoms with Crippen LogP contribution in [0.25, 0.3) is 0 Å². The van der Waals surface area contributed by atoms with Crippen molar-refractivity contribution in [3.63, 3.8) is 0 Å². The van der Waals surface area contributed by atoms with Gasteiger partial charge in [-0.3, -0.25) is 10.1 Å². The fourth-order valence-electron chi connectivity index (χ4n) is 1.26. The van der Waals surface area contributed by atoms with Crippen LogP contribution < -0.4 is 5.73 Å². The Bertz CT molecular complexity index is 323. The van der Waals surface area contributed by atoms with Crippen LogP contribution in [0.5, 0.6) is 0 Å². The molecule has 4 nitrogen and oxygen atoms in total. The van der Waals surface area contributed by atoms with Crippen molar-refractivity contribution in [3.8, 4) is 0 Å². The molecule has 0 unspecified atom stereocenters. The topological polar surface area (TPSA) is 69.2 Å². The average molecular weight is 180 g/mol. The Hall–Kier alpha value is -1.42. The number of rotatable bonds is 3. The molecule has 70 valence electrons. The average Bonchev–Trinajstić information content (AvgIpc) is 2.03. The van der Waals surface area contributed by atoms with Gasteiger partial charge in [-0.2, -0.15) is 0 Å². The summed E-state index contributed by atoms with van der Waals surface area (Å²) in [5, 5.41) is 10.5. The lowest BCUT2D eigenvalue weighted by Gasteiger charge is -2.00. The van der Waals surface area contributed by atoms with Crippen LogP contribution in [0.2, 0.25) is 0 Å². The number of aryl methyl sites for hydroxylation is 1. The Morgan fingerprint density at radius 3 is 2.69 bits per heavy atom. The Morgan fingerprint density at radius 1 is 1.46 bits per heavy atom. The van der Waals surface area contributed by atoms with E-state index < -0.39 is 0 Å². The van der Waals surface area contributed by atoms with Crippen LogP contribution in [0.3, 0.4) is 0 Å². The van der Waals surface area contributed by atoms with Crippen molar-refractivity contribution in [2.24, 2.45) is 5.73 Å². The molecule has 0 saturated carbocycles. The maximum atomic E-state index is 10.5. The van der Waals surface area contributed by atoms with Crippen LogP contribution in [-0.4, -0.2) is 11.5 Å². The first kappa shape index (κ1) is 9.67. The smallest absolute Gasteiger partial charge is 0.269 e. The molecule has 0 aliphatic rings. The molecule has 0 aromatic heterocycles. The van der Waals surface area contributed by atoms with Gasteiger partial charge in [0, 0.05) is 12.1 Å². The highest BCUT2D eigenvalue weighted by atomic mass is 16.6. The van der Waals surface area contributed by atoms with Crippen molar-refractivity contribution in [2.45, 2.75) is 13.3 Å². The van der Waals surface area contributed by atoms with Crippen LogP contribution >= 0.6 is 0 Å². The number of non-ortho nitro benzene ring substituents is 1. The van der Waals surface area contributed by atoms with Crippen molar-refractivity contribution >= 4 is 5.69 Å². The predicted octanol–water partition coefficient (Wildman–Crippen LogP) is 1.40. The van der Waals surface area contributed by atoms with Gasteiger partial charge in [0.25, 0.3) is 5.69 Å². The Morgan fingerprint density at radius 2 is 2.15 bits per heavy atom. The van der Waals surface area contributed by atoms with E-state index in [-0.39, 0.29) is 10.6 Å². The van der Waals surface area contributed by atoms with E-state index in [4.69, 9.17) is 5.73 Å². The quantitative estimate of drug-likeness (QED) is 0.564. The molecular weight excluding hydrogens is 168 g/mol. The zero-order valence-electron chi connectivity index (χ0n) is 7.49. The van der Waals surface area contributed by atoms with Crippen LogP contribution in [-0.2, 0) is 6.42 Å². The van der Waals surface area contributed by atoms with Gasteiger partial charge in [0.1, 0.15) is 0 Å². The third-order valence-corrected chi connectivity index (χ3v) is 1.77. The summed E-state index contributed by atoms with van der Waals surface area (Å²) in [6.45, 7) is 2.35. The largest absolute Gasteiger partial charge is 0.330 e. The van der Waals surface area contributed by atoms with E-state index in [0.29, 0.717) is 13.0 Å². The van der Waals surface area contributed by atoms with E-state index in [9.17, 15) is 10.1 Å². The number of hydrogen-bond acceptors (Lipinski definition) is 3. The van der Waals surface area contributed by atoms with Crippen LogP contribution in [0.4, 0.5) is 5.69 Å². The Kier molecular flexibility index (Phi) is 2.97. The minimum Gasteiger partial charge on any atom is -0.330 e. The lowest BCUT2D eigenvalue weighted by atomic mass is 10.1. The molecule has 0 atom stereocenters. The van der Waals surface area contributed by atoms with Gasteiger partial charge in [-0.25, -0.2) is 0 Å². The van der Waals surface area contributed by atoms with Crippen LogP contribution in [0, 0.1) is 17.0 Å². The summed E-state index contributed by atoms with van der Waals surface area (Å²) >= 11 is 0. The van der Waals surface area contributed by atoms with Gasteiger partial charge in [0.15, 0.2) is 0 Å². The van der Waals surface area contributed by atoms with Crippen molar-refractivity contribution in [1.29, 1.82) is 0 Å². The number of nitro benzene ring substituents is 1. The van der Waals surface area contributed by atoms with E-state index in [1.54, 1.807) is 12.1 Å². The third kappa shape index (κ3) is 2.52. The van der Waals surface area contributed by atoms with Crippen LogP contribution in [0.1, 0.15) is 11.1 Å². The number of nitro groups is 1. The maximum absolute atomic E-state index is 10.5. The van der Waals surface area contributed by atoms with Gasteiger partial charge < -0.3 is 5.73 Å². The van der Waals surface area contributed by atoms with Gasteiger partial charge in [0.2, 0.25) is 0 Å².